The molecule has 0 spiro atoms. The van der Waals surface area contributed by atoms with Crippen LogP contribution in [-0.4, -0.2) is 19.8 Å². The van der Waals surface area contributed by atoms with Gasteiger partial charge in [-0.05, 0) is 47.9 Å². The lowest BCUT2D eigenvalue weighted by atomic mass is 10.0. The molecule has 0 saturated heterocycles. The monoisotopic (exact) mass is 493 g/mol. The minimum Gasteiger partial charge on any atom is -0.350 e. The van der Waals surface area contributed by atoms with Crippen LogP contribution < -0.4 is 0 Å². The van der Waals surface area contributed by atoms with E-state index in [2.05, 4.69) is 9.55 Å². The molecular formula is C26H18Cl3N3O. The Morgan fingerprint density at radius 2 is 1.67 bits per heavy atom. The largest absolute Gasteiger partial charge is 0.350 e. The summed E-state index contributed by atoms with van der Waals surface area (Å²) >= 11 is 18.3. The number of carbonyl (C=O) groups is 1. The quantitative estimate of drug-likeness (QED) is 0.247. The number of hydrogen-bond acceptors (Lipinski definition) is 2. The van der Waals surface area contributed by atoms with Crippen molar-refractivity contribution in [2.45, 2.75) is 13.0 Å². The van der Waals surface area contributed by atoms with Crippen molar-refractivity contribution in [3.8, 4) is 22.5 Å². The van der Waals surface area contributed by atoms with E-state index < -0.39 is 5.24 Å². The number of nitrogens with zero attached hydrogens (tertiary/aromatic N) is 2. The van der Waals surface area contributed by atoms with E-state index in [1.165, 1.54) is 0 Å². The van der Waals surface area contributed by atoms with E-state index in [-0.39, 0.29) is 0 Å². The maximum absolute atomic E-state index is 12.4. The number of benzene rings is 3. The molecule has 5 aromatic rings. The van der Waals surface area contributed by atoms with E-state index in [1.807, 2.05) is 67.0 Å². The van der Waals surface area contributed by atoms with Crippen molar-refractivity contribution in [3.05, 3.63) is 100 Å². The zero-order valence-electron chi connectivity index (χ0n) is 17.4. The molecule has 0 radical (unpaired) electrons. The average Bonchev–Trinajstić information content (AvgIpc) is 3.40. The Morgan fingerprint density at radius 3 is 2.39 bits per heavy atom. The number of aromatic amines is 1. The van der Waals surface area contributed by atoms with Crippen LogP contribution >= 0.6 is 34.8 Å². The summed E-state index contributed by atoms with van der Waals surface area (Å²) in [6.45, 7) is 0.660. The van der Waals surface area contributed by atoms with Gasteiger partial charge in [0.25, 0.3) is 5.24 Å². The highest BCUT2D eigenvalue weighted by Gasteiger charge is 2.25. The van der Waals surface area contributed by atoms with Crippen molar-refractivity contribution in [2.75, 3.05) is 0 Å². The molecule has 0 fully saturated rings. The van der Waals surface area contributed by atoms with Gasteiger partial charge in [0.1, 0.15) is 5.69 Å². The predicted octanol–water partition coefficient (Wildman–Crippen LogP) is 7.63. The molecule has 0 bridgehead atoms. The molecule has 1 N–H and O–H groups in total. The van der Waals surface area contributed by atoms with Crippen molar-refractivity contribution in [3.63, 3.8) is 0 Å². The molecule has 0 amide bonds. The highest BCUT2D eigenvalue weighted by molar-refractivity contribution is 6.68. The zero-order chi connectivity index (χ0) is 22.9. The van der Waals surface area contributed by atoms with Crippen molar-refractivity contribution < 1.29 is 4.79 Å². The molecule has 0 saturated carbocycles. The number of nitrogens with one attached hydrogen (secondary N) is 1. The van der Waals surface area contributed by atoms with Crippen LogP contribution in [0.3, 0.4) is 0 Å². The number of aryl methyl sites for hydroxylation is 2. The maximum Gasteiger partial charge on any atom is 0.269 e. The van der Waals surface area contributed by atoms with Gasteiger partial charge in [-0.3, -0.25) is 4.79 Å². The van der Waals surface area contributed by atoms with Gasteiger partial charge < -0.3 is 9.55 Å². The molecular weight excluding hydrogens is 477 g/mol. The van der Waals surface area contributed by atoms with E-state index >= 15 is 0 Å². The molecule has 2 heterocycles. The number of carbonyl (C=O) groups excluding carboxylic acids is 1. The van der Waals surface area contributed by atoms with E-state index in [0.717, 1.165) is 39.8 Å². The number of H-pyrrole nitrogens is 1. The zero-order valence-corrected chi connectivity index (χ0v) is 19.6. The van der Waals surface area contributed by atoms with Crippen LogP contribution in [0.15, 0.2) is 79.1 Å². The van der Waals surface area contributed by atoms with Crippen LogP contribution in [0.25, 0.3) is 33.4 Å². The summed E-state index contributed by atoms with van der Waals surface area (Å²) in [5, 5.41) is 1.56. The second-order valence-corrected chi connectivity index (χ2v) is 8.93. The third kappa shape index (κ3) is 4.30. The molecule has 0 atom stereocenters. The van der Waals surface area contributed by atoms with Gasteiger partial charge >= 0.3 is 0 Å². The lowest BCUT2D eigenvalue weighted by Gasteiger charge is -2.12. The molecule has 0 aliphatic heterocycles. The Balaban J connectivity index is 1.70. The molecule has 0 aliphatic rings. The second-order valence-electron chi connectivity index (χ2n) is 7.72. The summed E-state index contributed by atoms with van der Waals surface area (Å²) in [7, 11) is 0. The first-order valence-electron chi connectivity index (χ1n) is 10.4. The summed E-state index contributed by atoms with van der Waals surface area (Å²) in [5.74, 6) is 0. The number of halogens is 3. The van der Waals surface area contributed by atoms with Crippen LogP contribution in [0, 0.1) is 0 Å². The average molecular weight is 495 g/mol. The molecule has 4 nitrogen and oxygen atoms in total. The van der Waals surface area contributed by atoms with Gasteiger partial charge in [-0.1, -0.05) is 71.7 Å². The molecule has 164 valence electrons. The normalized spacial score (nSPS) is 11.2. The maximum atomic E-state index is 12.4. The fourth-order valence-corrected chi connectivity index (χ4v) is 4.52. The summed E-state index contributed by atoms with van der Waals surface area (Å²) in [4.78, 5) is 20.3. The number of rotatable bonds is 6. The Hall–Kier alpha value is -3.05. The fourth-order valence-electron chi connectivity index (χ4n) is 4.08. The molecule has 5 rings (SSSR count). The van der Waals surface area contributed by atoms with Gasteiger partial charge in [-0.15, -0.1) is 0 Å². The van der Waals surface area contributed by atoms with Gasteiger partial charge in [0, 0.05) is 38.6 Å². The minimum absolute atomic E-state index is 0.319. The van der Waals surface area contributed by atoms with Gasteiger partial charge in [-0.25, -0.2) is 4.98 Å². The number of aromatic nitrogens is 3. The van der Waals surface area contributed by atoms with E-state index in [4.69, 9.17) is 39.8 Å². The highest BCUT2D eigenvalue weighted by atomic mass is 35.5. The minimum atomic E-state index is -0.568. The molecule has 3 aromatic carbocycles. The van der Waals surface area contributed by atoms with Crippen molar-refractivity contribution >= 4 is 50.9 Å². The van der Waals surface area contributed by atoms with Crippen molar-refractivity contribution in [2.24, 2.45) is 0 Å². The third-order valence-corrected chi connectivity index (χ3v) is 6.31. The van der Waals surface area contributed by atoms with Crippen LogP contribution in [-0.2, 0) is 13.0 Å². The molecule has 0 aliphatic carbocycles. The lowest BCUT2D eigenvalue weighted by molar-refractivity contribution is 0.107. The molecule has 7 heteroatoms. The first-order valence-corrected chi connectivity index (χ1v) is 11.5. The van der Waals surface area contributed by atoms with E-state index in [9.17, 15) is 4.79 Å². The van der Waals surface area contributed by atoms with E-state index in [1.54, 1.807) is 12.1 Å². The summed E-state index contributed by atoms with van der Waals surface area (Å²) in [6, 6.07) is 23.2. The summed E-state index contributed by atoms with van der Waals surface area (Å²) in [6.07, 6.45) is 2.58. The molecule has 2 aromatic heterocycles. The predicted molar refractivity (Wildman–Crippen MR) is 135 cm³/mol. The van der Waals surface area contributed by atoms with Crippen LogP contribution in [0.1, 0.15) is 16.1 Å². The van der Waals surface area contributed by atoms with Crippen molar-refractivity contribution in [1.29, 1.82) is 0 Å². The highest BCUT2D eigenvalue weighted by Crippen LogP contribution is 2.39. The topological polar surface area (TPSA) is 50.7 Å². The Morgan fingerprint density at radius 1 is 0.939 bits per heavy atom. The van der Waals surface area contributed by atoms with Gasteiger partial charge in [0.05, 0.1) is 17.7 Å². The Bertz CT molecular complexity index is 1450. The Kier molecular flexibility index (Phi) is 5.98. The van der Waals surface area contributed by atoms with Gasteiger partial charge in [0.15, 0.2) is 0 Å². The Labute approximate surface area is 205 Å². The first kappa shape index (κ1) is 21.8. The van der Waals surface area contributed by atoms with Gasteiger partial charge in [0.2, 0.25) is 0 Å². The van der Waals surface area contributed by atoms with Crippen LogP contribution in [0.5, 0.6) is 0 Å². The standard InChI is InChI=1S/C26H18Cl3N3O/c27-18-8-6-16(7-9-18)12-13-32-15-30-23(17-4-2-1-3-5-17)25(32)22-20-11-10-19(28)14-21(20)31-24(22)26(29)33/h1-11,14-15,31H,12-13H2. The second kappa shape index (κ2) is 9.06. The van der Waals surface area contributed by atoms with Gasteiger partial charge in [-0.2, -0.15) is 0 Å². The van der Waals surface area contributed by atoms with Crippen molar-refractivity contribution in [1.82, 2.24) is 14.5 Å². The third-order valence-electron chi connectivity index (χ3n) is 5.63. The fraction of sp³-hybridized carbons (Fsp3) is 0.0769. The number of fused-ring (bicyclic) bond motifs is 1. The number of imidazole rings is 1. The smallest absolute Gasteiger partial charge is 0.269 e. The molecule has 0 unspecified atom stereocenters. The van der Waals surface area contributed by atoms with Crippen LogP contribution in [0.2, 0.25) is 10.0 Å². The molecule has 33 heavy (non-hydrogen) atoms. The summed E-state index contributed by atoms with van der Waals surface area (Å²) < 4.78 is 2.07. The van der Waals surface area contributed by atoms with Crippen LogP contribution in [0.4, 0.5) is 0 Å². The first-order chi connectivity index (χ1) is 16.0. The lowest BCUT2D eigenvalue weighted by Crippen LogP contribution is -2.04. The van der Waals surface area contributed by atoms with E-state index in [0.29, 0.717) is 27.8 Å². The summed E-state index contributed by atoms with van der Waals surface area (Å²) in [5.41, 5.74) is 5.49. The number of hydrogen-bond donors (Lipinski definition) is 1. The SMILES string of the molecule is O=C(Cl)c1[nH]c2cc(Cl)ccc2c1-c1c(-c2ccccc2)ncn1CCc1ccc(Cl)cc1.